The topological polar surface area (TPSA) is 45.2 Å². The summed E-state index contributed by atoms with van der Waals surface area (Å²) < 4.78 is 0. The molecule has 1 amide bonds. The Morgan fingerprint density at radius 2 is 1.95 bits per heavy atom. The summed E-state index contributed by atoms with van der Waals surface area (Å²) >= 11 is 5.93. The molecule has 5 heteroatoms. The van der Waals surface area contributed by atoms with Crippen molar-refractivity contribution in [1.29, 1.82) is 0 Å². The van der Waals surface area contributed by atoms with Crippen molar-refractivity contribution < 1.29 is 4.79 Å². The second-order valence-corrected chi connectivity index (χ2v) is 5.88. The van der Waals surface area contributed by atoms with E-state index in [1.165, 1.54) is 19.3 Å². The van der Waals surface area contributed by atoms with Crippen LogP contribution >= 0.6 is 11.6 Å². The average molecular weight is 316 g/mol. The summed E-state index contributed by atoms with van der Waals surface area (Å²) in [5.74, 6) is -0.173. The fourth-order valence-corrected chi connectivity index (χ4v) is 2.84. The number of aromatic nitrogens is 1. The minimum absolute atomic E-state index is 0.173. The number of anilines is 2. The Morgan fingerprint density at radius 3 is 2.73 bits per heavy atom. The van der Waals surface area contributed by atoms with Crippen molar-refractivity contribution in [2.45, 2.75) is 19.3 Å². The number of hydrogen-bond donors (Lipinski definition) is 1. The second kappa shape index (κ2) is 6.79. The first-order valence-electron chi connectivity index (χ1n) is 7.49. The van der Waals surface area contributed by atoms with Crippen molar-refractivity contribution in [1.82, 2.24) is 4.98 Å². The fourth-order valence-electron chi connectivity index (χ4n) is 2.65. The van der Waals surface area contributed by atoms with E-state index in [1.807, 2.05) is 18.3 Å². The quantitative estimate of drug-likeness (QED) is 0.932. The first-order valence-corrected chi connectivity index (χ1v) is 7.87. The number of nitrogens with one attached hydrogen (secondary N) is 1. The number of benzene rings is 1. The predicted octanol–water partition coefficient (Wildman–Crippen LogP) is 3.98. The maximum atomic E-state index is 12.3. The van der Waals surface area contributed by atoms with Gasteiger partial charge in [-0.3, -0.25) is 9.78 Å². The molecule has 0 unspecified atom stereocenters. The highest BCUT2D eigenvalue weighted by molar-refractivity contribution is 6.30. The largest absolute Gasteiger partial charge is 0.370 e. The fraction of sp³-hybridized carbons (Fsp3) is 0.294. The molecular formula is C17H18ClN3O. The number of pyridine rings is 1. The summed E-state index contributed by atoms with van der Waals surface area (Å²) in [6.45, 7) is 2.06. The van der Waals surface area contributed by atoms with Gasteiger partial charge in [0, 0.05) is 30.0 Å². The molecule has 0 spiro atoms. The molecule has 1 aromatic heterocycles. The van der Waals surface area contributed by atoms with Crippen molar-refractivity contribution in [3.63, 3.8) is 0 Å². The summed E-state index contributed by atoms with van der Waals surface area (Å²) in [7, 11) is 0. The number of carbonyl (C=O) groups excluding carboxylic acids is 1. The van der Waals surface area contributed by atoms with Crippen LogP contribution < -0.4 is 10.2 Å². The Labute approximate surface area is 135 Å². The normalized spacial score (nSPS) is 14.7. The Hall–Kier alpha value is -2.07. The van der Waals surface area contributed by atoms with E-state index < -0.39 is 0 Å². The zero-order chi connectivity index (χ0) is 15.4. The van der Waals surface area contributed by atoms with Crippen LogP contribution in [0.1, 0.15) is 29.6 Å². The van der Waals surface area contributed by atoms with Crippen LogP contribution in [0.3, 0.4) is 0 Å². The van der Waals surface area contributed by atoms with Gasteiger partial charge in [0.15, 0.2) is 0 Å². The van der Waals surface area contributed by atoms with Crippen molar-refractivity contribution in [3.8, 4) is 0 Å². The Bertz CT molecular complexity index is 668. The molecule has 1 fully saturated rings. The average Bonchev–Trinajstić information content (AvgIpc) is 2.56. The van der Waals surface area contributed by atoms with Crippen molar-refractivity contribution in [2.24, 2.45) is 0 Å². The molecule has 2 heterocycles. The van der Waals surface area contributed by atoms with E-state index in [9.17, 15) is 4.79 Å². The highest BCUT2D eigenvalue weighted by Crippen LogP contribution is 2.21. The van der Waals surface area contributed by atoms with E-state index in [4.69, 9.17) is 11.6 Å². The van der Waals surface area contributed by atoms with Gasteiger partial charge in [-0.25, -0.2) is 0 Å². The number of amides is 1. The van der Waals surface area contributed by atoms with Crippen LogP contribution in [0.2, 0.25) is 5.02 Å². The molecule has 4 nitrogen and oxygen atoms in total. The molecule has 2 aromatic rings. The van der Waals surface area contributed by atoms with Gasteiger partial charge in [0.2, 0.25) is 0 Å². The highest BCUT2D eigenvalue weighted by atomic mass is 35.5. The molecule has 0 saturated carbocycles. The van der Waals surface area contributed by atoms with Crippen LogP contribution in [-0.4, -0.2) is 24.0 Å². The number of halogens is 1. The number of nitrogens with zero attached hydrogens (tertiary/aromatic N) is 2. The third-order valence-electron chi connectivity index (χ3n) is 3.79. The van der Waals surface area contributed by atoms with Crippen LogP contribution in [0.25, 0.3) is 0 Å². The van der Waals surface area contributed by atoms with Crippen molar-refractivity contribution >= 4 is 28.9 Å². The molecule has 0 radical (unpaired) electrons. The molecule has 0 bridgehead atoms. The Morgan fingerprint density at radius 1 is 1.14 bits per heavy atom. The van der Waals surface area contributed by atoms with Gasteiger partial charge in [0.25, 0.3) is 5.91 Å². The third-order valence-corrected chi connectivity index (χ3v) is 4.02. The maximum Gasteiger partial charge on any atom is 0.257 e. The second-order valence-electron chi connectivity index (χ2n) is 5.44. The van der Waals surface area contributed by atoms with Gasteiger partial charge >= 0.3 is 0 Å². The Kier molecular flexibility index (Phi) is 4.59. The van der Waals surface area contributed by atoms with E-state index in [1.54, 1.807) is 24.4 Å². The molecule has 114 valence electrons. The highest BCUT2D eigenvalue weighted by Gasteiger charge is 2.14. The zero-order valence-corrected chi connectivity index (χ0v) is 13.0. The van der Waals surface area contributed by atoms with Gasteiger partial charge < -0.3 is 10.2 Å². The standard InChI is InChI=1S/C17H18ClN3O/c18-14-5-4-6-15(10-14)20-17(22)13-9-16(12-19-11-13)21-7-2-1-3-8-21/h4-6,9-12H,1-3,7-8H2,(H,20,22). The number of carbonyl (C=O) groups is 1. The van der Waals surface area contributed by atoms with Gasteiger partial charge in [0.1, 0.15) is 0 Å². The van der Waals surface area contributed by atoms with Crippen molar-refractivity contribution in [3.05, 3.63) is 53.3 Å². The summed E-state index contributed by atoms with van der Waals surface area (Å²) in [6.07, 6.45) is 7.07. The lowest BCUT2D eigenvalue weighted by atomic mass is 10.1. The molecule has 0 atom stereocenters. The monoisotopic (exact) mass is 315 g/mol. The van der Waals surface area contributed by atoms with Gasteiger partial charge in [0.05, 0.1) is 17.4 Å². The van der Waals surface area contributed by atoms with E-state index in [0.29, 0.717) is 16.3 Å². The first kappa shape index (κ1) is 14.9. The van der Waals surface area contributed by atoms with E-state index in [0.717, 1.165) is 18.8 Å². The van der Waals surface area contributed by atoms with E-state index in [2.05, 4.69) is 15.2 Å². The maximum absolute atomic E-state index is 12.3. The van der Waals surface area contributed by atoms with Gasteiger partial charge in [-0.15, -0.1) is 0 Å². The molecular weight excluding hydrogens is 298 g/mol. The van der Waals surface area contributed by atoms with Gasteiger partial charge in [-0.05, 0) is 43.5 Å². The molecule has 1 aliphatic heterocycles. The van der Waals surface area contributed by atoms with Gasteiger partial charge in [-0.2, -0.15) is 0 Å². The number of hydrogen-bond acceptors (Lipinski definition) is 3. The molecule has 1 N–H and O–H groups in total. The van der Waals surface area contributed by atoms with Crippen molar-refractivity contribution in [2.75, 3.05) is 23.3 Å². The zero-order valence-electron chi connectivity index (χ0n) is 12.3. The van der Waals surface area contributed by atoms with Crippen LogP contribution in [0.15, 0.2) is 42.7 Å². The lowest BCUT2D eigenvalue weighted by Gasteiger charge is -2.28. The lowest BCUT2D eigenvalue weighted by molar-refractivity contribution is 0.102. The first-order chi connectivity index (χ1) is 10.7. The SMILES string of the molecule is O=C(Nc1cccc(Cl)c1)c1cncc(N2CCCCC2)c1. The molecule has 1 saturated heterocycles. The molecule has 1 aromatic carbocycles. The summed E-state index contributed by atoms with van der Waals surface area (Å²) in [4.78, 5) is 18.8. The smallest absolute Gasteiger partial charge is 0.257 e. The van der Waals surface area contributed by atoms with E-state index in [-0.39, 0.29) is 5.91 Å². The van der Waals surface area contributed by atoms with Crippen LogP contribution in [0.4, 0.5) is 11.4 Å². The summed E-state index contributed by atoms with van der Waals surface area (Å²) in [5.41, 5.74) is 2.25. The van der Waals surface area contributed by atoms with E-state index >= 15 is 0 Å². The van der Waals surface area contributed by atoms with Gasteiger partial charge in [-0.1, -0.05) is 17.7 Å². The van der Waals surface area contributed by atoms with Crippen LogP contribution in [-0.2, 0) is 0 Å². The lowest BCUT2D eigenvalue weighted by Crippen LogP contribution is -2.29. The molecule has 22 heavy (non-hydrogen) atoms. The summed E-state index contributed by atoms with van der Waals surface area (Å²) in [6, 6.07) is 9.02. The predicted molar refractivity (Wildman–Crippen MR) is 89.7 cm³/mol. The molecule has 0 aliphatic carbocycles. The number of rotatable bonds is 3. The molecule has 1 aliphatic rings. The van der Waals surface area contributed by atoms with Crippen LogP contribution in [0, 0.1) is 0 Å². The third kappa shape index (κ3) is 3.57. The minimum Gasteiger partial charge on any atom is -0.370 e. The molecule has 3 rings (SSSR count). The Balaban J connectivity index is 1.75. The number of piperidine rings is 1. The summed E-state index contributed by atoms with van der Waals surface area (Å²) in [5, 5.41) is 3.44. The van der Waals surface area contributed by atoms with Crippen LogP contribution in [0.5, 0.6) is 0 Å². The minimum atomic E-state index is -0.173.